The van der Waals surface area contributed by atoms with Gasteiger partial charge in [-0.3, -0.25) is 0 Å². The molecule has 0 spiro atoms. The molecular weight excluding hydrogens is 196 g/mol. The summed E-state index contributed by atoms with van der Waals surface area (Å²) >= 11 is 0. The topological polar surface area (TPSA) is 24.1 Å². The van der Waals surface area contributed by atoms with Crippen molar-refractivity contribution in [2.24, 2.45) is 0 Å². The summed E-state index contributed by atoms with van der Waals surface area (Å²) in [5, 5.41) is 7.02. The number of allylic oxidation sites excluding steroid dienone is 1. The number of hydrogen-bond donors (Lipinski definition) is 2. The first kappa shape index (κ1) is 10.1. The average molecular weight is 214 g/mol. The zero-order valence-electron chi connectivity index (χ0n) is 9.50. The third-order valence-corrected chi connectivity index (χ3v) is 3.52. The van der Waals surface area contributed by atoms with Crippen LogP contribution in [0.4, 0.5) is 0 Å². The first-order valence-electron chi connectivity index (χ1n) is 6.15. The van der Waals surface area contributed by atoms with Crippen molar-refractivity contribution in [3.05, 3.63) is 41.5 Å². The Kier molecular flexibility index (Phi) is 2.77. The Hall–Kier alpha value is -1.12. The van der Waals surface area contributed by atoms with E-state index in [9.17, 15) is 0 Å². The molecule has 1 aliphatic carbocycles. The molecule has 2 N–H and O–H groups in total. The summed E-state index contributed by atoms with van der Waals surface area (Å²) in [5.74, 6) is 0. The van der Waals surface area contributed by atoms with Gasteiger partial charge in [-0.05, 0) is 29.5 Å². The molecular formula is C14H18N2. The van der Waals surface area contributed by atoms with Crippen LogP contribution in [-0.2, 0) is 6.42 Å². The Bertz CT molecular complexity index is 403. The van der Waals surface area contributed by atoms with E-state index in [1.54, 1.807) is 0 Å². The Morgan fingerprint density at radius 2 is 2.12 bits per heavy atom. The zero-order chi connectivity index (χ0) is 10.8. The Balaban J connectivity index is 1.72. The smallest absolute Gasteiger partial charge is 0.0233 e. The van der Waals surface area contributed by atoms with E-state index in [0.717, 1.165) is 32.5 Å². The van der Waals surface area contributed by atoms with Crippen molar-refractivity contribution in [2.75, 3.05) is 19.6 Å². The van der Waals surface area contributed by atoms with Gasteiger partial charge in [0.1, 0.15) is 0 Å². The van der Waals surface area contributed by atoms with Crippen molar-refractivity contribution in [3.8, 4) is 0 Å². The van der Waals surface area contributed by atoms with E-state index in [-0.39, 0.29) is 0 Å². The predicted octanol–water partition coefficient (Wildman–Crippen LogP) is 1.58. The minimum atomic E-state index is 0.603. The summed E-state index contributed by atoms with van der Waals surface area (Å²) in [7, 11) is 0. The number of rotatable bonds is 2. The van der Waals surface area contributed by atoms with E-state index in [1.165, 1.54) is 16.7 Å². The summed E-state index contributed by atoms with van der Waals surface area (Å²) < 4.78 is 0. The van der Waals surface area contributed by atoms with E-state index < -0.39 is 0 Å². The molecule has 2 nitrogen and oxygen atoms in total. The molecule has 0 radical (unpaired) electrons. The van der Waals surface area contributed by atoms with Gasteiger partial charge in [-0.1, -0.05) is 30.3 Å². The van der Waals surface area contributed by atoms with Crippen LogP contribution in [0.15, 0.2) is 30.3 Å². The molecule has 0 amide bonds. The summed E-state index contributed by atoms with van der Waals surface area (Å²) in [6, 6.07) is 9.38. The SMILES string of the molecule is C1=C(C[C@H]2CNCCN2)c2ccccc2C1. The summed E-state index contributed by atoms with van der Waals surface area (Å²) in [6.45, 7) is 3.30. The van der Waals surface area contributed by atoms with Crippen molar-refractivity contribution >= 4 is 5.57 Å². The number of benzene rings is 1. The molecule has 0 saturated carbocycles. The summed E-state index contributed by atoms with van der Waals surface area (Å²) in [4.78, 5) is 0. The van der Waals surface area contributed by atoms with Crippen LogP contribution in [0.2, 0.25) is 0 Å². The molecule has 0 unspecified atom stereocenters. The highest BCUT2D eigenvalue weighted by Crippen LogP contribution is 2.30. The lowest BCUT2D eigenvalue weighted by Crippen LogP contribution is -2.48. The van der Waals surface area contributed by atoms with Gasteiger partial charge in [-0.2, -0.15) is 0 Å². The lowest BCUT2D eigenvalue weighted by molar-refractivity contribution is 0.424. The third kappa shape index (κ3) is 1.91. The fourth-order valence-corrected chi connectivity index (χ4v) is 2.67. The second kappa shape index (κ2) is 4.40. The van der Waals surface area contributed by atoms with Crippen molar-refractivity contribution in [2.45, 2.75) is 18.9 Å². The van der Waals surface area contributed by atoms with Gasteiger partial charge in [0, 0.05) is 25.7 Å². The molecule has 16 heavy (non-hydrogen) atoms. The standard InChI is InChI=1S/C14H18N2/c1-2-4-14-11(3-1)5-6-12(14)9-13-10-15-7-8-16-13/h1-4,6,13,15-16H,5,7-10H2/t13-/m0/s1. The van der Waals surface area contributed by atoms with Crippen LogP contribution in [0.5, 0.6) is 0 Å². The van der Waals surface area contributed by atoms with Crippen LogP contribution in [0.3, 0.4) is 0 Å². The lowest BCUT2D eigenvalue weighted by Gasteiger charge is -2.25. The van der Waals surface area contributed by atoms with Crippen molar-refractivity contribution in [1.29, 1.82) is 0 Å². The van der Waals surface area contributed by atoms with Gasteiger partial charge in [-0.25, -0.2) is 0 Å². The Labute approximate surface area is 96.7 Å². The maximum Gasteiger partial charge on any atom is 0.0233 e. The molecule has 84 valence electrons. The predicted molar refractivity (Wildman–Crippen MR) is 67.4 cm³/mol. The van der Waals surface area contributed by atoms with Gasteiger partial charge >= 0.3 is 0 Å². The van der Waals surface area contributed by atoms with Gasteiger partial charge in [0.2, 0.25) is 0 Å². The van der Waals surface area contributed by atoms with Crippen molar-refractivity contribution in [3.63, 3.8) is 0 Å². The molecule has 1 aliphatic heterocycles. The van der Waals surface area contributed by atoms with Gasteiger partial charge in [-0.15, -0.1) is 0 Å². The van der Waals surface area contributed by atoms with Crippen molar-refractivity contribution in [1.82, 2.24) is 10.6 Å². The fourth-order valence-electron chi connectivity index (χ4n) is 2.67. The second-order valence-corrected chi connectivity index (χ2v) is 4.65. The summed E-state index contributed by atoms with van der Waals surface area (Å²) in [6.07, 6.45) is 4.66. The molecule has 2 heteroatoms. The molecule has 1 atom stereocenters. The van der Waals surface area contributed by atoms with E-state index >= 15 is 0 Å². The second-order valence-electron chi connectivity index (χ2n) is 4.65. The van der Waals surface area contributed by atoms with E-state index in [0.29, 0.717) is 6.04 Å². The molecule has 3 rings (SSSR count). The average Bonchev–Trinajstić information content (AvgIpc) is 2.74. The molecule has 1 saturated heterocycles. The number of nitrogens with one attached hydrogen (secondary N) is 2. The van der Waals surface area contributed by atoms with E-state index in [4.69, 9.17) is 0 Å². The quantitative estimate of drug-likeness (QED) is 0.781. The Morgan fingerprint density at radius 1 is 1.19 bits per heavy atom. The van der Waals surface area contributed by atoms with Crippen LogP contribution >= 0.6 is 0 Å². The highest BCUT2D eigenvalue weighted by atomic mass is 15.0. The molecule has 1 fully saturated rings. The van der Waals surface area contributed by atoms with E-state index in [1.807, 2.05) is 0 Å². The van der Waals surface area contributed by atoms with Crippen LogP contribution < -0.4 is 10.6 Å². The number of hydrogen-bond acceptors (Lipinski definition) is 2. The van der Waals surface area contributed by atoms with Crippen molar-refractivity contribution < 1.29 is 0 Å². The lowest BCUT2D eigenvalue weighted by atomic mass is 9.99. The van der Waals surface area contributed by atoms with Crippen LogP contribution in [0, 0.1) is 0 Å². The number of fused-ring (bicyclic) bond motifs is 1. The maximum atomic E-state index is 3.57. The highest BCUT2D eigenvalue weighted by molar-refractivity contribution is 5.73. The normalized spacial score (nSPS) is 24.0. The first-order valence-corrected chi connectivity index (χ1v) is 6.15. The van der Waals surface area contributed by atoms with E-state index in [2.05, 4.69) is 41.0 Å². The van der Waals surface area contributed by atoms with Gasteiger partial charge < -0.3 is 10.6 Å². The van der Waals surface area contributed by atoms with Crippen LogP contribution in [0.25, 0.3) is 5.57 Å². The molecule has 2 aliphatic rings. The maximum absolute atomic E-state index is 3.57. The number of piperazine rings is 1. The van der Waals surface area contributed by atoms with Crippen LogP contribution in [0.1, 0.15) is 17.5 Å². The first-order chi connectivity index (χ1) is 7.93. The fraction of sp³-hybridized carbons (Fsp3) is 0.429. The van der Waals surface area contributed by atoms with Crippen LogP contribution in [-0.4, -0.2) is 25.7 Å². The minimum Gasteiger partial charge on any atom is -0.314 e. The van der Waals surface area contributed by atoms with Gasteiger partial charge in [0.05, 0.1) is 0 Å². The van der Waals surface area contributed by atoms with Gasteiger partial charge in [0.25, 0.3) is 0 Å². The van der Waals surface area contributed by atoms with Gasteiger partial charge in [0.15, 0.2) is 0 Å². The monoisotopic (exact) mass is 214 g/mol. The molecule has 0 bridgehead atoms. The Morgan fingerprint density at radius 3 is 3.00 bits per heavy atom. The summed E-state index contributed by atoms with van der Waals surface area (Å²) in [5.41, 5.74) is 4.48. The zero-order valence-corrected chi connectivity index (χ0v) is 9.50. The molecule has 1 aromatic carbocycles. The molecule has 0 aromatic heterocycles. The highest BCUT2D eigenvalue weighted by Gasteiger charge is 2.18. The minimum absolute atomic E-state index is 0.603. The molecule has 1 heterocycles. The third-order valence-electron chi connectivity index (χ3n) is 3.52. The molecule has 1 aromatic rings. The largest absolute Gasteiger partial charge is 0.314 e.